The standard InChI is InChI=1S/C13H19N3O2/c1-13(17,7-8-18-2)9-14-12-15-10-5-3-4-6-11(10)16-12/h3-6,17H,7-9H2,1-2H3,(H2,14,15,16). The van der Waals surface area contributed by atoms with Crippen LogP contribution >= 0.6 is 0 Å². The fraction of sp³-hybridized carbons (Fsp3) is 0.462. The van der Waals surface area contributed by atoms with Gasteiger partial charge in [0.15, 0.2) is 0 Å². The lowest BCUT2D eigenvalue weighted by Gasteiger charge is -2.22. The lowest BCUT2D eigenvalue weighted by atomic mass is 10.0. The number of aliphatic hydroxyl groups is 1. The van der Waals surface area contributed by atoms with Crippen molar-refractivity contribution in [1.29, 1.82) is 0 Å². The van der Waals surface area contributed by atoms with Crippen LogP contribution in [0.15, 0.2) is 24.3 Å². The van der Waals surface area contributed by atoms with E-state index in [9.17, 15) is 5.11 Å². The first-order valence-electron chi connectivity index (χ1n) is 6.01. The second kappa shape index (κ2) is 5.37. The van der Waals surface area contributed by atoms with Gasteiger partial charge in [-0.2, -0.15) is 0 Å². The predicted octanol–water partition coefficient (Wildman–Crippen LogP) is 1.76. The minimum Gasteiger partial charge on any atom is -0.388 e. The first-order chi connectivity index (χ1) is 8.61. The third-order valence-electron chi connectivity index (χ3n) is 2.87. The molecule has 1 heterocycles. The highest BCUT2D eigenvalue weighted by Crippen LogP contribution is 2.15. The molecule has 1 aromatic carbocycles. The molecule has 0 aliphatic rings. The van der Waals surface area contributed by atoms with Crippen LogP contribution < -0.4 is 5.32 Å². The zero-order valence-electron chi connectivity index (χ0n) is 10.7. The summed E-state index contributed by atoms with van der Waals surface area (Å²) in [6, 6.07) is 7.82. The molecule has 0 fully saturated rings. The summed E-state index contributed by atoms with van der Waals surface area (Å²) in [4.78, 5) is 7.55. The third-order valence-corrected chi connectivity index (χ3v) is 2.87. The monoisotopic (exact) mass is 249 g/mol. The number of nitrogens with one attached hydrogen (secondary N) is 2. The first kappa shape index (κ1) is 12.9. The Labute approximate surface area is 106 Å². The van der Waals surface area contributed by atoms with Crippen LogP contribution in [0.4, 0.5) is 5.95 Å². The molecule has 0 bridgehead atoms. The topological polar surface area (TPSA) is 70.2 Å². The van der Waals surface area contributed by atoms with Crippen LogP contribution in [0.25, 0.3) is 11.0 Å². The number of rotatable bonds is 6. The molecule has 1 unspecified atom stereocenters. The van der Waals surface area contributed by atoms with Gasteiger partial charge in [0.1, 0.15) is 0 Å². The number of para-hydroxylation sites is 2. The lowest BCUT2D eigenvalue weighted by molar-refractivity contribution is 0.0356. The Morgan fingerprint density at radius 3 is 2.94 bits per heavy atom. The largest absolute Gasteiger partial charge is 0.388 e. The quantitative estimate of drug-likeness (QED) is 0.729. The van der Waals surface area contributed by atoms with E-state index >= 15 is 0 Å². The van der Waals surface area contributed by atoms with Gasteiger partial charge in [0.05, 0.1) is 16.6 Å². The average Bonchev–Trinajstić information content (AvgIpc) is 2.77. The van der Waals surface area contributed by atoms with E-state index in [-0.39, 0.29) is 0 Å². The maximum absolute atomic E-state index is 10.1. The van der Waals surface area contributed by atoms with Crippen molar-refractivity contribution in [2.75, 3.05) is 25.6 Å². The van der Waals surface area contributed by atoms with Crippen molar-refractivity contribution >= 4 is 17.0 Å². The van der Waals surface area contributed by atoms with Crippen LogP contribution in [-0.4, -0.2) is 40.9 Å². The van der Waals surface area contributed by atoms with Crippen molar-refractivity contribution in [3.63, 3.8) is 0 Å². The van der Waals surface area contributed by atoms with Gasteiger partial charge in [-0.25, -0.2) is 4.98 Å². The highest BCUT2D eigenvalue weighted by molar-refractivity contribution is 5.77. The molecule has 1 aromatic heterocycles. The van der Waals surface area contributed by atoms with Crippen molar-refractivity contribution in [3.05, 3.63) is 24.3 Å². The maximum Gasteiger partial charge on any atom is 0.201 e. The minimum absolute atomic E-state index is 0.427. The Bertz CT molecular complexity index is 475. The Morgan fingerprint density at radius 1 is 1.44 bits per heavy atom. The van der Waals surface area contributed by atoms with E-state index in [4.69, 9.17) is 4.74 Å². The fourth-order valence-corrected chi connectivity index (χ4v) is 1.72. The number of methoxy groups -OCH3 is 1. The van der Waals surface area contributed by atoms with Crippen LogP contribution in [0.3, 0.4) is 0 Å². The number of H-pyrrole nitrogens is 1. The zero-order valence-corrected chi connectivity index (χ0v) is 10.7. The molecule has 2 aromatic rings. The summed E-state index contributed by atoms with van der Waals surface area (Å²) in [7, 11) is 1.63. The number of nitrogens with zero attached hydrogens (tertiary/aromatic N) is 1. The van der Waals surface area contributed by atoms with E-state index in [1.165, 1.54) is 0 Å². The Hall–Kier alpha value is -1.59. The molecule has 1 atom stereocenters. The molecule has 0 aliphatic carbocycles. The zero-order chi connectivity index (χ0) is 13.0. The van der Waals surface area contributed by atoms with E-state index in [1.54, 1.807) is 14.0 Å². The number of imidazole rings is 1. The number of benzene rings is 1. The third kappa shape index (κ3) is 3.21. The van der Waals surface area contributed by atoms with Gasteiger partial charge in [0.25, 0.3) is 0 Å². The van der Waals surface area contributed by atoms with Crippen molar-refractivity contribution in [2.24, 2.45) is 0 Å². The number of hydrogen-bond acceptors (Lipinski definition) is 4. The van der Waals surface area contributed by atoms with E-state index in [0.717, 1.165) is 11.0 Å². The summed E-state index contributed by atoms with van der Waals surface area (Å²) in [5, 5.41) is 13.2. The number of aromatic nitrogens is 2. The molecule has 3 N–H and O–H groups in total. The highest BCUT2D eigenvalue weighted by Gasteiger charge is 2.20. The molecule has 0 radical (unpaired) electrons. The molecule has 5 nitrogen and oxygen atoms in total. The summed E-state index contributed by atoms with van der Waals surface area (Å²) in [6.45, 7) is 2.74. The van der Waals surface area contributed by atoms with Crippen molar-refractivity contribution in [3.8, 4) is 0 Å². The number of fused-ring (bicyclic) bond motifs is 1. The number of ether oxygens (including phenoxy) is 1. The van der Waals surface area contributed by atoms with Crippen molar-refractivity contribution < 1.29 is 9.84 Å². The normalized spacial score (nSPS) is 14.6. The molecule has 0 amide bonds. The molecule has 0 saturated heterocycles. The maximum atomic E-state index is 10.1. The van der Waals surface area contributed by atoms with Crippen LogP contribution in [0.2, 0.25) is 0 Å². The van der Waals surface area contributed by atoms with Crippen LogP contribution in [0.5, 0.6) is 0 Å². The minimum atomic E-state index is -0.811. The Balaban J connectivity index is 1.97. The van der Waals surface area contributed by atoms with Gasteiger partial charge < -0.3 is 20.1 Å². The molecule has 5 heteroatoms. The summed E-state index contributed by atoms with van der Waals surface area (Å²) in [5.41, 5.74) is 1.09. The number of aromatic amines is 1. The van der Waals surface area contributed by atoms with Crippen molar-refractivity contribution in [2.45, 2.75) is 18.9 Å². The molecule has 18 heavy (non-hydrogen) atoms. The molecule has 2 rings (SSSR count). The molecule has 98 valence electrons. The predicted molar refractivity (Wildman–Crippen MR) is 71.7 cm³/mol. The van der Waals surface area contributed by atoms with Crippen molar-refractivity contribution in [1.82, 2.24) is 9.97 Å². The van der Waals surface area contributed by atoms with Gasteiger partial charge in [0, 0.05) is 26.7 Å². The highest BCUT2D eigenvalue weighted by atomic mass is 16.5. The molecule has 0 spiro atoms. The molecule has 0 saturated carbocycles. The number of hydrogen-bond donors (Lipinski definition) is 3. The van der Waals surface area contributed by atoms with Gasteiger partial charge in [0.2, 0.25) is 5.95 Å². The summed E-state index contributed by atoms with van der Waals surface area (Å²) >= 11 is 0. The average molecular weight is 249 g/mol. The van der Waals surface area contributed by atoms with E-state index in [1.807, 2.05) is 24.3 Å². The van der Waals surface area contributed by atoms with E-state index < -0.39 is 5.60 Å². The molecule has 0 aliphatic heterocycles. The molecular weight excluding hydrogens is 230 g/mol. The van der Waals surface area contributed by atoms with Gasteiger partial charge in [-0.05, 0) is 19.1 Å². The van der Waals surface area contributed by atoms with Gasteiger partial charge in [-0.1, -0.05) is 12.1 Å². The summed E-state index contributed by atoms with van der Waals surface area (Å²) in [5.74, 6) is 0.675. The second-order valence-electron chi connectivity index (χ2n) is 4.70. The van der Waals surface area contributed by atoms with Crippen LogP contribution in [0.1, 0.15) is 13.3 Å². The van der Waals surface area contributed by atoms with Gasteiger partial charge >= 0.3 is 0 Å². The van der Waals surface area contributed by atoms with Gasteiger partial charge in [-0.15, -0.1) is 0 Å². The smallest absolute Gasteiger partial charge is 0.201 e. The van der Waals surface area contributed by atoms with E-state index in [2.05, 4.69) is 15.3 Å². The second-order valence-corrected chi connectivity index (χ2v) is 4.70. The Morgan fingerprint density at radius 2 is 2.22 bits per heavy atom. The molecular formula is C13H19N3O2. The lowest BCUT2D eigenvalue weighted by Crippen LogP contribution is -2.34. The summed E-state index contributed by atoms with van der Waals surface area (Å²) < 4.78 is 4.97. The SMILES string of the molecule is COCCC(C)(O)CNc1nc2ccccc2[nH]1. The summed E-state index contributed by atoms with van der Waals surface area (Å²) in [6.07, 6.45) is 0.580. The first-order valence-corrected chi connectivity index (χ1v) is 6.01. The number of anilines is 1. The van der Waals surface area contributed by atoms with Gasteiger partial charge in [-0.3, -0.25) is 0 Å². The van der Waals surface area contributed by atoms with Crippen LogP contribution in [0, 0.1) is 0 Å². The van der Waals surface area contributed by atoms with E-state index in [0.29, 0.717) is 25.5 Å². The Kier molecular flexibility index (Phi) is 3.84. The fourth-order valence-electron chi connectivity index (χ4n) is 1.72. The van der Waals surface area contributed by atoms with Crippen LogP contribution in [-0.2, 0) is 4.74 Å².